The summed E-state index contributed by atoms with van der Waals surface area (Å²) >= 11 is 5.18. The van der Waals surface area contributed by atoms with Gasteiger partial charge in [-0.25, -0.2) is 4.68 Å². The molecule has 1 aliphatic carbocycles. The normalized spacial score (nSPS) is 12.8. The van der Waals surface area contributed by atoms with Crippen molar-refractivity contribution in [3.05, 3.63) is 64.3 Å². The lowest BCUT2D eigenvalue weighted by Gasteiger charge is -2.16. The molecule has 2 aromatic carbocycles. The van der Waals surface area contributed by atoms with Gasteiger partial charge in [-0.1, -0.05) is 6.07 Å². The summed E-state index contributed by atoms with van der Waals surface area (Å²) in [5.41, 5.74) is 3.41. The van der Waals surface area contributed by atoms with Gasteiger partial charge in [-0.3, -0.25) is 4.79 Å². The number of nitrogens with zero attached hydrogens (tertiary/aromatic N) is 2. The first-order valence-corrected chi connectivity index (χ1v) is 10.3. The molecule has 1 aromatic heterocycles. The molecule has 0 bridgehead atoms. The van der Waals surface area contributed by atoms with E-state index in [1.54, 1.807) is 31.4 Å². The minimum atomic E-state index is -0.258. The van der Waals surface area contributed by atoms with Crippen LogP contribution in [0.4, 0.5) is 5.69 Å². The lowest BCUT2D eigenvalue weighted by atomic mass is 9.92. The zero-order valence-electron chi connectivity index (χ0n) is 16.7. The summed E-state index contributed by atoms with van der Waals surface area (Å²) < 4.78 is 17.7. The van der Waals surface area contributed by atoms with Gasteiger partial charge in [0.05, 0.1) is 7.11 Å². The number of anilines is 1. The fourth-order valence-electron chi connectivity index (χ4n) is 3.46. The van der Waals surface area contributed by atoms with Crippen molar-refractivity contribution in [1.82, 2.24) is 9.78 Å². The number of nitrogens with one attached hydrogen (secondary N) is 1. The zero-order chi connectivity index (χ0) is 20.9. The van der Waals surface area contributed by atoms with E-state index in [-0.39, 0.29) is 23.9 Å². The minimum Gasteiger partial charge on any atom is -0.497 e. The van der Waals surface area contributed by atoms with Crippen LogP contribution in [0.1, 0.15) is 29.9 Å². The third kappa shape index (κ3) is 4.88. The van der Waals surface area contributed by atoms with Gasteiger partial charge in [-0.05, 0) is 85.4 Å². The number of benzene rings is 2. The maximum absolute atomic E-state index is 12.3. The zero-order valence-corrected chi connectivity index (χ0v) is 17.5. The Morgan fingerprint density at radius 1 is 1.13 bits per heavy atom. The van der Waals surface area contributed by atoms with Crippen LogP contribution in [0.2, 0.25) is 0 Å². The maximum atomic E-state index is 12.3. The first-order valence-electron chi connectivity index (χ1n) is 9.86. The van der Waals surface area contributed by atoms with Crippen molar-refractivity contribution < 1.29 is 18.7 Å². The largest absolute Gasteiger partial charge is 0.497 e. The van der Waals surface area contributed by atoms with E-state index in [1.807, 2.05) is 6.07 Å². The van der Waals surface area contributed by atoms with Crippen molar-refractivity contribution in [3.63, 3.8) is 0 Å². The Morgan fingerprint density at radius 3 is 2.63 bits per heavy atom. The predicted molar refractivity (Wildman–Crippen MR) is 114 cm³/mol. The smallest absolute Gasteiger partial charge is 0.287 e. The van der Waals surface area contributed by atoms with Gasteiger partial charge in [0, 0.05) is 5.69 Å². The molecule has 0 fully saturated rings. The number of hydrogen-bond acceptors (Lipinski definition) is 6. The van der Waals surface area contributed by atoms with E-state index in [9.17, 15) is 4.79 Å². The Labute approximate surface area is 179 Å². The van der Waals surface area contributed by atoms with Crippen LogP contribution >= 0.6 is 12.2 Å². The number of carbonyl (C=O) groups excluding carboxylic acids is 1. The summed E-state index contributed by atoms with van der Waals surface area (Å²) in [5.74, 6) is 1.57. The molecular formula is C22H23N3O4S. The Morgan fingerprint density at radius 2 is 1.87 bits per heavy atom. The van der Waals surface area contributed by atoms with E-state index in [4.69, 9.17) is 26.1 Å². The molecule has 0 atom stereocenters. The molecule has 0 saturated carbocycles. The van der Waals surface area contributed by atoms with Crippen LogP contribution in [-0.4, -0.2) is 22.8 Å². The van der Waals surface area contributed by atoms with Crippen molar-refractivity contribution in [3.8, 4) is 11.5 Å². The summed E-state index contributed by atoms with van der Waals surface area (Å²) in [5, 5.41) is 7.05. The Bertz CT molecular complexity index is 1090. The van der Waals surface area contributed by atoms with Gasteiger partial charge in [0.1, 0.15) is 18.0 Å². The number of rotatable bonds is 7. The second-order valence-corrected chi connectivity index (χ2v) is 7.47. The van der Waals surface area contributed by atoms with Gasteiger partial charge in [0.2, 0.25) is 5.91 Å². The summed E-state index contributed by atoms with van der Waals surface area (Å²) in [6, 6.07) is 13.2. The predicted octanol–water partition coefficient (Wildman–Crippen LogP) is 4.31. The van der Waals surface area contributed by atoms with E-state index in [0.29, 0.717) is 11.6 Å². The van der Waals surface area contributed by atoms with Gasteiger partial charge in [0.15, 0.2) is 6.61 Å². The highest BCUT2D eigenvalue weighted by atomic mass is 32.1. The van der Waals surface area contributed by atoms with Gasteiger partial charge in [0.25, 0.3) is 10.7 Å². The Balaban J connectivity index is 1.34. The highest BCUT2D eigenvalue weighted by Gasteiger charge is 2.13. The molecule has 1 N–H and O–H groups in total. The molecule has 0 spiro atoms. The highest BCUT2D eigenvalue weighted by Crippen LogP contribution is 2.25. The first kappa shape index (κ1) is 20.2. The van der Waals surface area contributed by atoms with Crippen molar-refractivity contribution in [2.75, 3.05) is 12.4 Å². The standard InChI is InChI=1S/C22H23N3O4S/c1-27-18-10-7-17(8-11-18)23-20(26)13-25-22(30)29-21(24-25)14-28-19-9-6-15-4-2-3-5-16(15)12-19/h6-12H,2-5,13-14H2,1H3,(H,23,26). The number of fused-ring (bicyclic) bond motifs is 1. The SMILES string of the molecule is COc1ccc(NC(=O)Cn2nc(COc3ccc4c(c3)CCCC4)oc2=S)cc1. The number of ether oxygens (including phenoxy) is 2. The van der Waals surface area contributed by atoms with Crippen molar-refractivity contribution in [1.29, 1.82) is 0 Å². The molecule has 7 nitrogen and oxygen atoms in total. The van der Waals surface area contributed by atoms with Gasteiger partial charge < -0.3 is 19.2 Å². The molecule has 0 radical (unpaired) electrons. The van der Waals surface area contributed by atoms with Crippen LogP contribution in [0, 0.1) is 4.84 Å². The number of carbonyl (C=O) groups is 1. The monoisotopic (exact) mass is 425 g/mol. The highest BCUT2D eigenvalue weighted by molar-refractivity contribution is 7.71. The molecule has 0 aliphatic heterocycles. The number of aryl methyl sites for hydroxylation is 2. The van der Waals surface area contributed by atoms with E-state index in [0.717, 1.165) is 24.3 Å². The molecule has 0 saturated heterocycles. The van der Waals surface area contributed by atoms with Gasteiger partial charge >= 0.3 is 0 Å². The molecule has 156 valence electrons. The second kappa shape index (κ2) is 9.13. The number of hydrogen-bond donors (Lipinski definition) is 1. The summed E-state index contributed by atoms with van der Waals surface area (Å²) in [7, 11) is 1.59. The van der Waals surface area contributed by atoms with Crippen molar-refractivity contribution >= 4 is 23.8 Å². The van der Waals surface area contributed by atoms with Crippen molar-refractivity contribution in [2.45, 2.75) is 38.8 Å². The third-order valence-corrected chi connectivity index (χ3v) is 5.29. The first-order chi connectivity index (χ1) is 14.6. The average molecular weight is 426 g/mol. The quantitative estimate of drug-likeness (QED) is 0.569. The molecule has 0 unspecified atom stereocenters. The molecule has 30 heavy (non-hydrogen) atoms. The number of amides is 1. The van der Waals surface area contributed by atoms with Gasteiger partial charge in [-0.2, -0.15) is 0 Å². The summed E-state index contributed by atoms with van der Waals surface area (Å²) in [6.07, 6.45) is 4.68. The second-order valence-electron chi connectivity index (χ2n) is 7.12. The molecule has 1 heterocycles. The molecule has 4 rings (SSSR count). The maximum Gasteiger partial charge on any atom is 0.287 e. The summed E-state index contributed by atoms with van der Waals surface area (Å²) in [4.78, 5) is 12.4. The van der Waals surface area contributed by atoms with Crippen LogP contribution in [0.3, 0.4) is 0 Å². The topological polar surface area (TPSA) is 78.5 Å². The van der Waals surface area contributed by atoms with Crippen LogP contribution in [-0.2, 0) is 30.8 Å². The molecule has 3 aromatic rings. The fourth-order valence-corrected chi connectivity index (χ4v) is 3.66. The fraction of sp³-hybridized carbons (Fsp3) is 0.318. The minimum absolute atomic E-state index is 0.0484. The van der Waals surface area contributed by atoms with Crippen LogP contribution < -0.4 is 14.8 Å². The third-order valence-electron chi connectivity index (χ3n) is 5.00. The average Bonchev–Trinajstić information content (AvgIpc) is 3.11. The van der Waals surface area contributed by atoms with E-state index >= 15 is 0 Å². The van der Waals surface area contributed by atoms with Crippen molar-refractivity contribution in [2.24, 2.45) is 0 Å². The Hall–Kier alpha value is -3.13. The summed E-state index contributed by atoms with van der Waals surface area (Å²) in [6.45, 7) is 0.0999. The molecular weight excluding hydrogens is 402 g/mol. The van der Waals surface area contributed by atoms with Crippen LogP contribution in [0.5, 0.6) is 11.5 Å². The lowest BCUT2D eigenvalue weighted by Crippen LogP contribution is -2.19. The number of methoxy groups -OCH3 is 1. The van der Waals surface area contributed by atoms with E-state index in [2.05, 4.69) is 22.5 Å². The van der Waals surface area contributed by atoms with Gasteiger partial charge in [-0.15, -0.1) is 5.10 Å². The van der Waals surface area contributed by atoms with Crippen LogP contribution in [0.25, 0.3) is 0 Å². The molecule has 1 amide bonds. The lowest BCUT2D eigenvalue weighted by molar-refractivity contribution is -0.117. The van der Waals surface area contributed by atoms with E-state index in [1.165, 1.54) is 28.7 Å². The Kier molecular flexibility index (Phi) is 6.13. The van der Waals surface area contributed by atoms with E-state index < -0.39 is 0 Å². The molecule has 1 aliphatic rings. The molecule has 8 heteroatoms. The number of aromatic nitrogens is 2. The van der Waals surface area contributed by atoms with Crippen LogP contribution in [0.15, 0.2) is 46.9 Å².